The van der Waals surface area contributed by atoms with Gasteiger partial charge in [-0.25, -0.2) is 4.98 Å². The molecule has 0 amide bonds. The zero-order valence-electron chi connectivity index (χ0n) is 10.5. The lowest BCUT2D eigenvalue weighted by molar-refractivity contribution is 0.534. The first-order valence-corrected chi connectivity index (χ1v) is 6.62. The van der Waals surface area contributed by atoms with Crippen LogP contribution in [0.25, 0.3) is 0 Å². The molecule has 18 heavy (non-hydrogen) atoms. The summed E-state index contributed by atoms with van der Waals surface area (Å²) >= 11 is 0. The van der Waals surface area contributed by atoms with Gasteiger partial charge in [0.1, 0.15) is 0 Å². The van der Waals surface area contributed by atoms with Crippen LogP contribution in [0.5, 0.6) is 0 Å². The third-order valence-electron chi connectivity index (χ3n) is 3.29. The van der Waals surface area contributed by atoms with Crippen LogP contribution in [0.1, 0.15) is 31.0 Å². The van der Waals surface area contributed by atoms with Crippen LogP contribution in [0, 0.1) is 0 Å². The molecule has 3 rings (SSSR count). The predicted octanol–water partition coefficient (Wildman–Crippen LogP) is 1.59. The van der Waals surface area contributed by atoms with Crippen LogP contribution in [0.2, 0.25) is 0 Å². The Morgan fingerprint density at radius 2 is 2.33 bits per heavy atom. The van der Waals surface area contributed by atoms with Crippen LogP contribution in [0.4, 0.5) is 0 Å². The van der Waals surface area contributed by atoms with Crippen molar-refractivity contribution in [2.45, 2.75) is 38.4 Å². The van der Waals surface area contributed by atoms with Gasteiger partial charge in [-0.15, -0.1) is 0 Å². The van der Waals surface area contributed by atoms with Crippen molar-refractivity contribution < 1.29 is 0 Å². The van der Waals surface area contributed by atoms with Gasteiger partial charge in [-0.2, -0.15) is 5.10 Å². The average molecular weight is 245 g/mol. The molecule has 2 aromatic heterocycles. The Bertz CT molecular complexity index is 469. The molecule has 1 saturated carbocycles. The van der Waals surface area contributed by atoms with E-state index in [2.05, 4.69) is 20.0 Å². The van der Waals surface area contributed by atoms with Gasteiger partial charge in [0.2, 0.25) is 0 Å². The second kappa shape index (κ2) is 5.35. The molecule has 0 aromatic carbocycles. The molecule has 1 aliphatic carbocycles. The minimum absolute atomic E-state index is 0.716. The van der Waals surface area contributed by atoms with Crippen LogP contribution in [-0.4, -0.2) is 25.9 Å². The van der Waals surface area contributed by atoms with Gasteiger partial charge in [-0.05, 0) is 31.9 Å². The van der Waals surface area contributed by atoms with Crippen molar-refractivity contribution in [1.82, 2.24) is 24.6 Å². The Hall–Kier alpha value is -1.62. The Balaban J connectivity index is 1.38. The molecule has 0 saturated heterocycles. The summed E-state index contributed by atoms with van der Waals surface area (Å²) in [6, 6.07) is 2.68. The quantitative estimate of drug-likeness (QED) is 0.754. The summed E-state index contributed by atoms with van der Waals surface area (Å²) in [7, 11) is 0. The fourth-order valence-electron chi connectivity index (χ4n) is 2.17. The minimum Gasteiger partial charge on any atom is -0.330 e. The van der Waals surface area contributed by atoms with Crippen LogP contribution in [0.15, 0.2) is 31.0 Å². The smallest absolute Gasteiger partial charge is 0.0951 e. The zero-order chi connectivity index (χ0) is 12.2. The fraction of sp³-hybridized carbons (Fsp3) is 0.538. The van der Waals surface area contributed by atoms with Crippen molar-refractivity contribution in [1.29, 1.82) is 0 Å². The molecule has 0 unspecified atom stereocenters. The zero-order valence-corrected chi connectivity index (χ0v) is 10.5. The van der Waals surface area contributed by atoms with E-state index in [4.69, 9.17) is 0 Å². The molecule has 0 aliphatic heterocycles. The van der Waals surface area contributed by atoms with Crippen molar-refractivity contribution in [2.75, 3.05) is 6.54 Å². The number of rotatable bonds is 7. The standard InChI is InChI=1S/C13H19N5/c1(7-17-8-2-6-16-17)5-14-9-13-10-15-11-18(13)12-3-4-12/h2,6,8,10-12,14H,1,3-5,7,9H2. The van der Waals surface area contributed by atoms with Crippen molar-refractivity contribution in [3.05, 3.63) is 36.7 Å². The Morgan fingerprint density at radius 1 is 1.39 bits per heavy atom. The highest BCUT2D eigenvalue weighted by atomic mass is 15.3. The number of nitrogens with zero attached hydrogens (tertiary/aromatic N) is 4. The molecule has 2 aromatic rings. The molecule has 1 aliphatic rings. The van der Waals surface area contributed by atoms with Gasteiger partial charge in [-0.1, -0.05) is 0 Å². The lowest BCUT2D eigenvalue weighted by Crippen LogP contribution is -2.18. The molecule has 2 heterocycles. The van der Waals surface area contributed by atoms with E-state index in [1.165, 1.54) is 18.5 Å². The largest absolute Gasteiger partial charge is 0.330 e. The van der Waals surface area contributed by atoms with Gasteiger partial charge < -0.3 is 9.88 Å². The first-order chi connectivity index (χ1) is 8.93. The predicted molar refractivity (Wildman–Crippen MR) is 69.0 cm³/mol. The van der Waals surface area contributed by atoms with Crippen molar-refractivity contribution >= 4 is 0 Å². The molecule has 96 valence electrons. The Morgan fingerprint density at radius 3 is 3.11 bits per heavy atom. The number of hydrogen-bond donors (Lipinski definition) is 1. The van der Waals surface area contributed by atoms with Crippen molar-refractivity contribution in [3.63, 3.8) is 0 Å². The molecule has 0 bridgehead atoms. The Kier molecular flexibility index (Phi) is 3.41. The number of nitrogens with one attached hydrogen (secondary N) is 1. The maximum Gasteiger partial charge on any atom is 0.0951 e. The third-order valence-corrected chi connectivity index (χ3v) is 3.29. The van der Waals surface area contributed by atoms with E-state index in [1.54, 1.807) is 0 Å². The van der Waals surface area contributed by atoms with Crippen LogP contribution in [0.3, 0.4) is 0 Å². The van der Waals surface area contributed by atoms with Crippen LogP contribution in [-0.2, 0) is 13.1 Å². The minimum atomic E-state index is 0.716. The second-order valence-corrected chi connectivity index (χ2v) is 4.82. The summed E-state index contributed by atoms with van der Waals surface area (Å²) in [6.45, 7) is 2.90. The van der Waals surface area contributed by atoms with Crippen molar-refractivity contribution in [3.8, 4) is 0 Å². The SMILES string of the molecule is c1cnn(CCCNCc2cncn2C2CC2)c1. The normalized spacial score (nSPS) is 15.1. The highest BCUT2D eigenvalue weighted by Crippen LogP contribution is 2.35. The number of aryl methyl sites for hydroxylation is 1. The summed E-state index contributed by atoms with van der Waals surface area (Å²) < 4.78 is 4.27. The first-order valence-electron chi connectivity index (χ1n) is 6.62. The molecule has 5 nitrogen and oxygen atoms in total. The molecule has 0 atom stereocenters. The highest BCUT2D eigenvalue weighted by Gasteiger charge is 2.24. The van der Waals surface area contributed by atoms with E-state index >= 15 is 0 Å². The van der Waals surface area contributed by atoms with Gasteiger partial charge in [0.15, 0.2) is 0 Å². The number of hydrogen-bond acceptors (Lipinski definition) is 3. The van der Waals surface area contributed by atoms with Gasteiger partial charge in [0, 0.05) is 37.7 Å². The monoisotopic (exact) mass is 245 g/mol. The van der Waals surface area contributed by atoms with Crippen molar-refractivity contribution in [2.24, 2.45) is 0 Å². The lowest BCUT2D eigenvalue weighted by atomic mass is 10.4. The number of imidazole rings is 1. The summed E-state index contributed by atoms with van der Waals surface area (Å²) in [5, 5.41) is 7.66. The first kappa shape index (κ1) is 11.5. The molecule has 0 spiro atoms. The van der Waals surface area contributed by atoms with E-state index < -0.39 is 0 Å². The van der Waals surface area contributed by atoms with E-state index in [-0.39, 0.29) is 0 Å². The maximum atomic E-state index is 4.23. The van der Waals surface area contributed by atoms with E-state index in [0.717, 1.165) is 26.1 Å². The van der Waals surface area contributed by atoms with Gasteiger partial charge in [-0.3, -0.25) is 4.68 Å². The number of aromatic nitrogens is 4. The van der Waals surface area contributed by atoms with Gasteiger partial charge in [0.05, 0.1) is 12.0 Å². The van der Waals surface area contributed by atoms with E-state index in [1.807, 2.05) is 35.7 Å². The second-order valence-electron chi connectivity index (χ2n) is 4.82. The van der Waals surface area contributed by atoms with E-state index in [9.17, 15) is 0 Å². The van der Waals surface area contributed by atoms with E-state index in [0.29, 0.717) is 6.04 Å². The fourth-order valence-corrected chi connectivity index (χ4v) is 2.17. The topological polar surface area (TPSA) is 47.7 Å². The maximum absolute atomic E-state index is 4.23. The van der Waals surface area contributed by atoms with Crippen LogP contribution < -0.4 is 5.32 Å². The average Bonchev–Trinajstić information content (AvgIpc) is 2.92. The third kappa shape index (κ3) is 2.79. The molecule has 1 N–H and O–H groups in total. The Labute approximate surface area is 107 Å². The molecule has 1 fully saturated rings. The molecular formula is C13H19N5. The molecule has 5 heteroatoms. The highest BCUT2D eigenvalue weighted by molar-refractivity contribution is 5.03. The summed E-state index contributed by atoms with van der Waals surface area (Å²) in [5.41, 5.74) is 1.30. The lowest BCUT2D eigenvalue weighted by Gasteiger charge is -2.08. The van der Waals surface area contributed by atoms with Crippen LogP contribution >= 0.6 is 0 Å². The summed E-state index contributed by atoms with van der Waals surface area (Å²) in [4.78, 5) is 4.23. The summed E-state index contributed by atoms with van der Waals surface area (Å²) in [5.74, 6) is 0. The summed E-state index contributed by atoms with van der Waals surface area (Å²) in [6.07, 6.45) is 11.5. The molecule has 0 radical (unpaired) electrons. The van der Waals surface area contributed by atoms with Gasteiger partial charge in [0.25, 0.3) is 0 Å². The van der Waals surface area contributed by atoms with Gasteiger partial charge >= 0.3 is 0 Å². The molecular weight excluding hydrogens is 226 g/mol.